The molecule has 0 saturated carbocycles. The van der Waals surface area contributed by atoms with Crippen LogP contribution in [0.25, 0.3) is 33.5 Å². The van der Waals surface area contributed by atoms with Crippen molar-refractivity contribution in [1.29, 1.82) is 0 Å². The number of benzene rings is 3. The predicted octanol–water partition coefficient (Wildman–Crippen LogP) is 6.50. The summed E-state index contributed by atoms with van der Waals surface area (Å²) < 4.78 is 5.85. The standard InChI is InChI=1S/C24H18O/c1-16-12-13-24(25-16)19-14-18-8-5-11-22(23(18)15-19)21-10-4-7-17-6-2-3-9-20(17)21/h2-13,15H,14H2,1H3. The first-order valence-corrected chi connectivity index (χ1v) is 8.67. The van der Waals surface area contributed by atoms with Crippen molar-refractivity contribution in [2.75, 3.05) is 0 Å². The minimum atomic E-state index is 0.931. The van der Waals surface area contributed by atoms with Gasteiger partial charge in [0.25, 0.3) is 0 Å². The average Bonchev–Trinajstić information content (AvgIpc) is 3.27. The zero-order valence-electron chi connectivity index (χ0n) is 14.1. The molecule has 4 aromatic rings. The molecule has 0 saturated heterocycles. The van der Waals surface area contributed by atoms with E-state index in [-0.39, 0.29) is 0 Å². The lowest BCUT2D eigenvalue weighted by molar-refractivity contribution is 0.521. The van der Waals surface area contributed by atoms with E-state index in [1.54, 1.807) is 0 Å². The Balaban J connectivity index is 1.70. The Morgan fingerprint density at radius 2 is 1.56 bits per heavy atom. The van der Waals surface area contributed by atoms with Gasteiger partial charge in [-0.3, -0.25) is 0 Å². The Bertz CT molecular complexity index is 1120. The third-order valence-electron chi connectivity index (χ3n) is 5.03. The molecule has 0 aliphatic heterocycles. The van der Waals surface area contributed by atoms with Crippen LogP contribution in [0.15, 0.2) is 77.2 Å². The molecule has 1 aliphatic carbocycles. The average molecular weight is 322 g/mol. The van der Waals surface area contributed by atoms with Crippen LogP contribution in [0, 0.1) is 6.92 Å². The molecule has 25 heavy (non-hydrogen) atoms. The Labute approximate surface area is 147 Å². The molecule has 0 atom stereocenters. The van der Waals surface area contributed by atoms with E-state index in [0.717, 1.165) is 17.9 Å². The summed E-state index contributed by atoms with van der Waals surface area (Å²) in [5.41, 5.74) is 6.55. The van der Waals surface area contributed by atoms with Crippen LogP contribution < -0.4 is 0 Å². The fourth-order valence-electron chi connectivity index (χ4n) is 3.83. The minimum absolute atomic E-state index is 0.931. The van der Waals surface area contributed by atoms with Gasteiger partial charge >= 0.3 is 0 Å². The van der Waals surface area contributed by atoms with Gasteiger partial charge in [0.15, 0.2) is 0 Å². The Hall–Kier alpha value is -3.06. The smallest absolute Gasteiger partial charge is 0.130 e. The highest BCUT2D eigenvalue weighted by Gasteiger charge is 2.20. The summed E-state index contributed by atoms with van der Waals surface area (Å²) in [6.07, 6.45) is 3.23. The molecule has 0 unspecified atom stereocenters. The maximum atomic E-state index is 5.85. The van der Waals surface area contributed by atoms with Gasteiger partial charge in [-0.1, -0.05) is 60.7 Å². The minimum Gasteiger partial charge on any atom is -0.462 e. The van der Waals surface area contributed by atoms with Crippen molar-refractivity contribution in [1.82, 2.24) is 0 Å². The molecule has 0 radical (unpaired) electrons. The summed E-state index contributed by atoms with van der Waals surface area (Å²) in [4.78, 5) is 0. The predicted molar refractivity (Wildman–Crippen MR) is 104 cm³/mol. The lowest BCUT2D eigenvalue weighted by atomic mass is 9.93. The molecule has 1 heterocycles. The number of hydrogen-bond donors (Lipinski definition) is 0. The van der Waals surface area contributed by atoms with Crippen molar-refractivity contribution in [2.24, 2.45) is 0 Å². The van der Waals surface area contributed by atoms with Gasteiger partial charge in [0.1, 0.15) is 11.5 Å². The molecule has 3 aromatic carbocycles. The van der Waals surface area contributed by atoms with Gasteiger partial charge in [-0.05, 0) is 63.7 Å². The molecule has 0 fully saturated rings. The van der Waals surface area contributed by atoms with Crippen molar-refractivity contribution in [3.8, 4) is 11.1 Å². The second kappa shape index (κ2) is 5.49. The Morgan fingerprint density at radius 3 is 2.44 bits per heavy atom. The fourth-order valence-corrected chi connectivity index (χ4v) is 3.83. The van der Waals surface area contributed by atoms with Gasteiger partial charge in [-0.2, -0.15) is 0 Å². The number of fused-ring (bicyclic) bond motifs is 2. The molecule has 0 N–H and O–H groups in total. The van der Waals surface area contributed by atoms with Crippen molar-refractivity contribution in [3.63, 3.8) is 0 Å². The summed E-state index contributed by atoms with van der Waals surface area (Å²) in [6.45, 7) is 1.99. The summed E-state index contributed by atoms with van der Waals surface area (Å²) >= 11 is 0. The van der Waals surface area contributed by atoms with Gasteiger partial charge in [0, 0.05) is 6.42 Å². The van der Waals surface area contributed by atoms with Gasteiger partial charge in [-0.15, -0.1) is 0 Å². The van der Waals surface area contributed by atoms with Crippen molar-refractivity contribution in [2.45, 2.75) is 13.3 Å². The topological polar surface area (TPSA) is 13.1 Å². The second-order valence-electron chi connectivity index (χ2n) is 6.66. The van der Waals surface area contributed by atoms with E-state index in [9.17, 15) is 0 Å². The molecule has 0 bridgehead atoms. The first kappa shape index (κ1) is 14.3. The highest BCUT2D eigenvalue weighted by molar-refractivity contribution is 6.01. The molecule has 1 aromatic heterocycles. The lowest BCUT2D eigenvalue weighted by Gasteiger charge is -2.11. The van der Waals surface area contributed by atoms with Crippen LogP contribution in [-0.4, -0.2) is 0 Å². The van der Waals surface area contributed by atoms with Crippen LogP contribution in [0.1, 0.15) is 22.6 Å². The quantitative estimate of drug-likeness (QED) is 0.410. The maximum Gasteiger partial charge on any atom is 0.130 e. The fraction of sp³-hybridized carbons (Fsp3) is 0.0833. The van der Waals surface area contributed by atoms with Crippen molar-refractivity contribution in [3.05, 3.63) is 95.4 Å². The van der Waals surface area contributed by atoms with Crippen molar-refractivity contribution >= 4 is 22.4 Å². The number of allylic oxidation sites excluding steroid dienone is 1. The number of hydrogen-bond acceptors (Lipinski definition) is 1. The molecule has 1 nitrogen and oxygen atoms in total. The van der Waals surface area contributed by atoms with Crippen LogP contribution in [0.3, 0.4) is 0 Å². The SMILES string of the molecule is Cc1ccc(C2=Cc3c(cccc3-c3cccc4ccccc34)C2)o1. The first-order valence-electron chi connectivity index (χ1n) is 8.67. The molecule has 0 amide bonds. The number of rotatable bonds is 2. The van der Waals surface area contributed by atoms with Gasteiger partial charge in [-0.25, -0.2) is 0 Å². The molecule has 0 spiro atoms. The van der Waals surface area contributed by atoms with E-state index in [1.807, 2.05) is 13.0 Å². The first-order chi connectivity index (χ1) is 12.3. The largest absolute Gasteiger partial charge is 0.462 e. The van der Waals surface area contributed by atoms with Gasteiger partial charge in [0.05, 0.1) is 0 Å². The third kappa shape index (κ3) is 2.32. The lowest BCUT2D eigenvalue weighted by Crippen LogP contribution is -1.88. The zero-order valence-corrected chi connectivity index (χ0v) is 14.1. The summed E-state index contributed by atoms with van der Waals surface area (Å²) in [6, 6.07) is 25.9. The molecular formula is C24H18O. The summed E-state index contributed by atoms with van der Waals surface area (Å²) in [5, 5.41) is 2.58. The number of furan rings is 1. The van der Waals surface area contributed by atoms with Crippen LogP contribution in [-0.2, 0) is 6.42 Å². The van der Waals surface area contributed by atoms with Crippen molar-refractivity contribution < 1.29 is 4.42 Å². The van der Waals surface area contributed by atoms with Gasteiger partial charge < -0.3 is 4.42 Å². The molecule has 120 valence electrons. The molecule has 1 aliphatic rings. The maximum absolute atomic E-state index is 5.85. The number of aryl methyl sites for hydroxylation is 1. The monoisotopic (exact) mass is 322 g/mol. The zero-order chi connectivity index (χ0) is 16.8. The Kier molecular flexibility index (Phi) is 3.14. The summed E-state index contributed by atoms with van der Waals surface area (Å²) in [5.74, 6) is 1.94. The van der Waals surface area contributed by atoms with Crippen LogP contribution in [0.5, 0.6) is 0 Å². The Morgan fingerprint density at radius 1 is 0.760 bits per heavy atom. The van der Waals surface area contributed by atoms with Crippen LogP contribution >= 0.6 is 0 Å². The van der Waals surface area contributed by atoms with E-state index >= 15 is 0 Å². The highest BCUT2D eigenvalue weighted by atomic mass is 16.3. The molecular weight excluding hydrogens is 304 g/mol. The second-order valence-corrected chi connectivity index (χ2v) is 6.66. The highest BCUT2D eigenvalue weighted by Crippen LogP contribution is 2.39. The molecule has 5 rings (SSSR count). The van der Waals surface area contributed by atoms with E-state index in [1.165, 1.54) is 38.6 Å². The van der Waals surface area contributed by atoms with Crippen LogP contribution in [0.2, 0.25) is 0 Å². The summed E-state index contributed by atoms with van der Waals surface area (Å²) in [7, 11) is 0. The van der Waals surface area contributed by atoms with E-state index in [4.69, 9.17) is 4.42 Å². The van der Waals surface area contributed by atoms with E-state index < -0.39 is 0 Å². The van der Waals surface area contributed by atoms with Gasteiger partial charge in [0.2, 0.25) is 0 Å². The molecule has 1 heteroatoms. The normalized spacial score (nSPS) is 13.1. The van der Waals surface area contributed by atoms with Crippen LogP contribution in [0.4, 0.5) is 0 Å². The van der Waals surface area contributed by atoms with E-state index in [2.05, 4.69) is 72.8 Å². The third-order valence-corrected chi connectivity index (χ3v) is 5.03. The van der Waals surface area contributed by atoms with E-state index in [0.29, 0.717) is 0 Å².